The fourth-order valence-corrected chi connectivity index (χ4v) is 4.71. The first-order chi connectivity index (χ1) is 19.6. The van der Waals surface area contributed by atoms with Crippen LogP contribution in [0.2, 0.25) is 0 Å². The second kappa shape index (κ2) is 13.5. The van der Waals surface area contributed by atoms with Gasteiger partial charge in [0.1, 0.15) is 17.9 Å². The molecule has 41 heavy (non-hydrogen) atoms. The molecule has 0 radical (unpaired) electrons. The van der Waals surface area contributed by atoms with Crippen LogP contribution >= 0.6 is 11.9 Å². The normalized spacial score (nSPS) is 11.5. The highest BCUT2D eigenvalue weighted by molar-refractivity contribution is 7.97. The van der Waals surface area contributed by atoms with Crippen LogP contribution in [-0.2, 0) is 6.54 Å². The van der Waals surface area contributed by atoms with Crippen LogP contribution in [0.1, 0.15) is 30.9 Å². The molecule has 0 fully saturated rings. The van der Waals surface area contributed by atoms with E-state index in [2.05, 4.69) is 30.2 Å². The standard InChI is InChI=1S/C28H28F4N6O2S/c1-18(2)24-15-21(29)6-11-25(24)41-36-13-12-33-27(39)34-16-19-4-3-5-20(14-19)26-35-17-38(37-26)22-7-9-23(10-8-22)40-28(30,31)32/h3-11,14-15,17-18,36H,12-13,16H2,1-2H3,(H2,33,34,39). The molecule has 0 aliphatic heterocycles. The van der Waals surface area contributed by atoms with Gasteiger partial charge in [0.2, 0.25) is 0 Å². The topological polar surface area (TPSA) is 93.1 Å². The van der Waals surface area contributed by atoms with Crippen LogP contribution in [0.3, 0.4) is 0 Å². The maximum absolute atomic E-state index is 13.5. The second-order valence-corrected chi connectivity index (χ2v) is 10.1. The number of benzene rings is 3. The lowest BCUT2D eigenvalue weighted by molar-refractivity contribution is -0.274. The molecule has 216 valence electrons. The second-order valence-electron chi connectivity index (χ2n) is 9.20. The fraction of sp³-hybridized carbons (Fsp3) is 0.250. The average Bonchev–Trinajstić information content (AvgIpc) is 3.42. The van der Waals surface area contributed by atoms with Gasteiger partial charge >= 0.3 is 12.4 Å². The summed E-state index contributed by atoms with van der Waals surface area (Å²) in [4.78, 5) is 17.5. The van der Waals surface area contributed by atoms with Crippen molar-refractivity contribution in [1.29, 1.82) is 0 Å². The van der Waals surface area contributed by atoms with Gasteiger partial charge in [0.25, 0.3) is 0 Å². The molecule has 0 spiro atoms. The van der Waals surface area contributed by atoms with Crippen LogP contribution in [0, 0.1) is 5.82 Å². The number of hydrogen-bond donors (Lipinski definition) is 3. The van der Waals surface area contributed by atoms with Crippen molar-refractivity contribution in [3.63, 3.8) is 0 Å². The first-order valence-corrected chi connectivity index (χ1v) is 13.5. The minimum absolute atomic E-state index is 0.186. The van der Waals surface area contributed by atoms with Crippen LogP contribution in [0.15, 0.2) is 78.0 Å². The van der Waals surface area contributed by atoms with Gasteiger partial charge in [0.15, 0.2) is 5.82 Å². The molecule has 13 heteroatoms. The van der Waals surface area contributed by atoms with E-state index in [4.69, 9.17) is 0 Å². The average molecular weight is 589 g/mol. The molecule has 4 aromatic rings. The number of halogens is 4. The molecule has 1 heterocycles. The van der Waals surface area contributed by atoms with Gasteiger partial charge in [0.05, 0.1) is 5.69 Å². The summed E-state index contributed by atoms with van der Waals surface area (Å²) in [5, 5.41) is 10.00. The quantitative estimate of drug-likeness (QED) is 0.110. The molecule has 3 aromatic carbocycles. The summed E-state index contributed by atoms with van der Waals surface area (Å²) in [5.41, 5.74) is 2.97. The Kier molecular flexibility index (Phi) is 9.84. The molecule has 0 bridgehead atoms. The lowest BCUT2D eigenvalue weighted by atomic mass is 10.0. The molecule has 0 aliphatic carbocycles. The van der Waals surface area contributed by atoms with Gasteiger partial charge in [-0.2, -0.15) is 0 Å². The van der Waals surface area contributed by atoms with Gasteiger partial charge in [-0.3, -0.25) is 4.72 Å². The number of hydrogen-bond acceptors (Lipinski definition) is 6. The van der Waals surface area contributed by atoms with Crippen molar-refractivity contribution >= 4 is 18.0 Å². The highest BCUT2D eigenvalue weighted by atomic mass is 32.2. The van der Waals surface area contributed by atoms with Gasteiger partial charge < -0.3 is 15.4 Å². The van der Waals surface area contributed by atoms with E-state index in [0.29, 0.717) is 30.2 Å². The number of nitrogens with one attached hydrogen (secondary N) is 3. The van der Waals surface area contributed by atoms with Crippen molar-refractivity contribution in [2.75, 3.05) is 13.1 Å². The first-order valence-electron chi connectivity index (χ1n) is 12.7. The number of amides is 2. The van der Waals surface area contributed by atoms with Gasteiger partial charge in [0, 0.05) is 30.1 Å². The number of carbonyl (C=O) groups excluding carboxylic acids is 1. The maximum atomic E-state index is 13.5. The third-order valence-corrected chi connectivity index (χ3v) is 6.69. The third-order valence-electron chi connectivity index (χ3n) is 5.75. The summed E-state index contributed by atoms with van der Waals surface area (Å²) >= 11 is 1.40. The molecule has 2 amide bonds. The number of ether oxygens (including phenoxy) is 1. The van der Waals surface area contributed by atoms with Crippen molar-refractivity contribution in [2.24, 2.45) is 0 Å². The molecule has 0 aliphatic rings. The smallest absolute Gasteiger partial charge is 0.406 e. The van der Waals surface area contributed by atoms with Crippen LogP contribution in [0.4, 0.5) is 22.4 Å². The molecule has 1 aromatic heterocycles. The number of alkyl halides is 3. The molecule has 0 saturated carbocycles. The summed E-state index contributed by atoms with van der Waals surface area (Å²) < 4.78 is 59.2. The SMILES string of the molecule is CC(C)c1cc(F)ccc1SNCCNC(=O)NCc1cccc(-c2ncn(-c3ccc(OC(F)(F)F)cc3)n2)c1. The Bertz CT molecular complexity index is 1460. The Hall–Kier alpha value is -4.10. The zero-order valence-corrected chi connectivity index (χ0v) is 23.0. The van der Waals surface area contributed by atoms with E-state index in [1.807, 2.05) is 38.1 Å². The summed E-state index contributed by atoms with van der Waals surface area (Å²) in [6, 6.07) is 17.0. The lowest BCUT2D eigenvalue weighted by Crippen LogP contribution is -2.38. The Morgan fingerprint density at radius 1 is 1.02 bits per heavy atom. The summed E-state index contributed by atoms with van der Waals surface area (Å²) in [6.45, 7) is 5.19. The number of rotatable bonds is 11. The maximum Gasteiger partial charge on any atom is 0.573 e. The van der Waals surface area contributed by atoms with E-state index in [9.17, 15) is 22.4 Å². The third kappa shape index (κ3) is 8.95. The van der Waals surface area contributed by atoms with Crippen LogP contribution in [0.25, 0.3) is 17.1 Å². The Morgan fingerprint density at radius 3 is 2.54 bits per heavy atom. The van der Waals surface area contributed by atoms with Crippen LogP contribution in [0.5, 0.6) is 5.75 Å². The minimum Gasteiger partial charge on any atom is -0.406 e. The molecule has 0 atom stereocenters. The Balaban J connectivity index is 1.23. The van der Waals surface area contributed by atoms with Crippen LogP contribution < -0.4 is 20.1 Å². The largest absolute Gasteiger partial charge is 0.573 e. The van der Waals surface area contributed by atoms with Crippen molar-refractivity contribution in [3.05, 3.63) is 90.0 Å². The monoisotopic (exact) mass is 588 g/mol. The van der Waals surface area contributed by atoms with Gasteiger partial charge in [-0.05, 0) is 77.5 Å². The number of nitrogens with zero attached hydrogens (tertiary/aromatic N) is 3. The van der Waals surface area contributed by atoms with E-state index in [1.165, 1.54) is 59.4 Å². The molecule has 4 rings (SSSR count). The predicted molar refractivity (Wildman–Crippen MR) is 148 cm³/mol. The Labute approximate surface area is 238 Å². The van der Waals surface area contributed by atoms with Crippen molar-refractivity contribution in [1.82, 2.24) is 30.1 Å². The highest BCUT2D eigenvalue weighted by Crippen LogP contribution is 2.27. The number of aromatic nitrogens is 3. The van der Waals surface area contributed by atoms with Gasteiger partial charge in [-0.15, -0.1) is 18.3 Å². The summed E-state index contributed by atoms with van der Waals surface area (Å²) in [5.74, 6) is 0.00914. The summed E-state index contributed by atoms with van der Waals surface area (Å²) in [6.07, 6.45) is -3.30. The van der Waals surface area contributed by atoms with Gasteiger partial charge in [-0.1, -0.05) is 32.0 Å². The fourth-order valence-electron chi connectivity index (χ4n) is 3.80. The molecular weight excluding hydrogens is 560 g/mol. The van der Waals surface area contributed by atoms with Crippen molar-refractivity contribution in [3.8, 4) is 22.8 Å². The zero-order valence-electron chi connectivity index (χ0n) is 22.2. The molecular formula is C28H28F4N6O2S. The van der Waals surface area contributed by atoms with E-state index < -0.39 is 6.36 Å². The van der Waals surface area contributed by atoms with Crippen molar-refractivity contribution < 1.29 is 27.1 Å². The summed E-state index contributed by atoms with van der Waals surface area (Å²) in [7, 11) is 0. The number of carbonyl (C=O) groups is 1. The molecule has 3 N–H and O–H groups in total. The number of urea groups is 1. The molecule has 8 nitrogen and oxygen atoms in total. The van der Waals surface area contributed by atoms with Crippen LogP contribution in [-0.4, -0.2) is 40.2 Å². The minimum atomic E-state index is -4.76. The Morgan fingerprint density at radius 2 is 1.80 bits per heavy atom. The van der Waals surface area contributed by atoms with E-state index >= 15 is 0 Å². The van der Waals surface area contributed by atoms with E-state index in [0.717, 1.165) is 16.0 Å². The van der Waals surface area contributed by atoms with E-state index in [1.54, 1.807) is 6.07 Å². The van der Waals surface area contributed by atoms with Crippen molar-refractivity contribution in [2.45, 2.75) is 37.6 Å². The molecule has 0 saturated heterocycles. The predicted octanol–water partition coefficient (Wildman–Crippen LogP) is 6.19. The molecule has 0 unspecified atom stereocenters. The highest BCUT2D eigenvalue weighted by Gasteiger charge is 2.31. The van der Waals surface area contributed by atoms with E-state index in [-0.39, 0.29) is 30.1 Å². The zero-order chi connectivity index (χ0) is 29.4. The lowest BCUT2D eigenvalue weighted by Gasteiger charge is -2.13. The van der Waals surface area contributed by atoms with Gasteiger partial charge in [-0.25, -0.2) is 18.9 Å². The first kappa shape index (κ1) is 29.9.